The Labute approximate surface area is 102 Å². The van der Waals surface area contributed by atoms with Gasteiger partial charge in [0.05, 0.1) is 12.7 Å². The number of carbonyl (C=O) groups is 1. The summed E-state index contributed by atoms with van der Waals surface area (Å²) >= 11 is 0. The Morgan fingerprint density at radius 1 is 1.35 bits per heavy atom. The first-order valence-corrected chi connectivity index (χ1v) is 5.26. The third kappa shape index (κ3) is 3.21. The van der Waals surface area contributed by atoms with Crippen molar-refractivity contribution >= 4 is 5.91 Å². The Hall–Kier alpha value is -2.03. The van der Waals surface area contributed by atoms with Gasteiger partial charge >= 0.3 is 0 Å². The summed E-state index contributed by atoms with van der Waals surface area (Å²) in [6.45, 7) is 11.1. The zero-order valence-corrected chi connectivity index (χ0v) is 10.5. The maximum Gasteiger partial charge on any atom is 0.259 e. The van der Waals surface area contributed by atoms with Crippen LogP contribution >= 0.6 is 0 Å². The first-order chi connectivity index (χ1) is 7.95. The number of hydrogen-bond acceptors (Lipinski definition) is 2. The van der Waals surface area contributed by atoms with E-state index in [2.05, 4.69) is 18.5 Å². The van der Waals surface area contributed by atoms with Gasteiger partial charge in [0.25, 0.3) is 5.91 Å². The van der Waals surface area contributed by atoms with Crippen molar-refractivity contribution in [2.45, 2.75) is 13.8 Å². The smallest absolute Gasteiger partial charge is 0.259 e. The molecule has 0 aliphatic heterocycles. The first-order valence-electron chi connectivity index (χ1n) is 5.26. The molecule has 0 fully saturated rings. The van der Waals surface area contributed by atoms with Gasteiger partial charge in [-0.25, -0.2) is 0 Å². The molecule has 0 aliphatic rings. The highest BCUT2D eigenvalue weighted by Crippen LogP contribution is 2.19. The first kappa shape index (κ1) is 13.0. The SMILES string of the molecule is C=C(C)C(=C)NC(=O)c1cc(C)ccc1OC. The predicted octanol–water partition coefficient (Wildman–Crippen LogP) is 2.82. The number of ether oxygens (including phenoxy) is 1. The molecule has 0 saturated carbocycles. The molecule has 0 heterocycles. The second-order valence-electron chi connectivity index (χ2n) is 3.92. The lowest BCUT2D eigenvalue weighted by Gasteiger charge is -2.11. The molecule has 0 bridgehead atoms. The third-order valence-corrected chi connectivity index (χ3v) is 2.38. The van der Waals surface area contributed by atoms with Gasteiger partial charge in [-0.2, -0.15) is 0 Å². The summed E-state index contributed by atoms with van der Waals surface area (Å²) in [4.78, 5) is 12.0. The minimum atomic E-state index is -0.237. The summed E-state index contributed by atoms with van der Waals surface area (Å²) in [7, 11) is 1.54. The monoisotopic (exact) mass is 231 g/mol. The lowest BCUT2D eigenvalue weighted by atomic mass is 10.1. The summed E-state index contributed by atoms with van der Waals surface area (Å²) in [5.74, 6) is 0.307. The molecule has 0 aliphatic carbocycles. The summed E-state index contributed by atoms with van der Waals surface area (Å²) in [5, 5.41) is 2.68. The van der Waals surface area contributed by atoms with Crippen molar-refractivity contribution in [3.05, 3.63) is 53.8 Å². The molecule has 3 heteroatoms. The van der Waals surface area contributed by atoms with Gasteiger partial charge in [-0.05, 0) is 31.6 Å². The predicted molar refractivity (Wildman–Crippen MR) is 69.2 cm³/mol. The average Bonchev–Trinajstić information content (AvgIpc) is 2.28. The minimum Gasteiger partial charge on any atom is -0.496 e. The molecule has 1 rings (SSSR count). The van der Waals surface area contributed by atoms with E-state index in [0.717, 1.165) is 11.1 Å². The highest BCUT2D eigenvalue weighted by molar-refractivity contribution is 5.98. The number of allylic oxidation sites excluding steroid dienone is 1. The van der Waals surface area contributed by atoms with E-state index in [1.54, 1.807) is 19.1 Å². The summed E-state index contributed by atoms with van der Waals surface area (Å²) in [5.41, 5.74) is 2.73. The van der Waals surface area contributed by atoms with Gasteiger partial charge in [0.2, 0.25) is 0 Å². The molecule has 0 atom stereocenters. The van der Waals surface area contributed by atoms with Crippen molar-refractivity contribution in [2.24, 2.45) is 0 Å². The highest BCUT2D eigenvalue weighted by atomic mass is 16.5. The average molecular weight is 231 g/mol. The van der Waals surface area contributed by atoms with E-state index < -0.39 is 0 Å². The van der Waals surface area contributed by atoms with Crippen molar-refractivity contribution in [3.63, 3.8) is 0 Å². The molecule has 90 valence electrons. The third-order valence-electron chi connectivity index (χ3n) is 2.38. The van der Waals surface area contributed by atoms with Crippen LogP contribution in [0.25, 0.3) is 0 Å². The molecule has 1 aromatic rings. The van der Waals surface area contributed by atoms with Gasteiger partial charge < -0.3 is 10.1 Å². The van der Waals surface area contributed by atoms with Crippen molar-refractivity contribution in [1.29, 1.82) is 0 Å². The van der Waals surface area contributed by atoms with Crippen molar-refractivity contribution in [2.75, 3.05) is 7.11 Å². The van der Waals surface area contributed by atoms with Crippen LogP contribution in [0.1, 0.15) is 22.8 Å². The number of carbonyl (C=O) groups excluding carboxylic acids is 1. The number of hydrogen-bond donors (Lipinski definition) is 1. The lowest BCUT2D eigenvalue weighted by molar-refractivity contribution is 0.0963. The molecule has 17 heavy (non-hydrogen) atoms. The summed E-state index contributed by atoms with van der Waals surface area (Å²) < 4.78 is 5.15. The van der Waals surface area contributed by atoms with Crippen molar-refractivity contribution < 1.29 is 9.53 Å². The van der Waals surface area contributed by atoms with Crippen LogP contribution in [0.4, 0.5) is 0 Å². The fraction of sp³-hybridized carbons (Fsp3) is 0.214. The summed E-state index contributed by atoms with van der Waals surface area (Å²) in [6, 6.07) is 5.44. The number of aryl methyl sites for hydroxylation is 1. The van der Waals surface area contributed by atoms with Gasteiger partial charge in [0, 0.05) is 5.70 Å². The van der Waals surface area contributed by atoms with Gasteiger partial charge in [-0.3, -0.25) is 4.79 Å². The molecule has 0 radical (unpaired) electrons. The van der Waals surface area contributed by atoms with E-state index in [1.165, 1.54) is 7.11 Å². The van der Waals surface area contributed by atoms with E-state index in [0.29, 0.717) is 17.0 Å². The largest absolute Gasteiger partial charge is 0.496 e. The number of amides is 1. The van der Waals surface area contributed by atoms with Crippen LogP contribution in [0.3, 0.4) is 0 Å². The van der Waals surface area contributed by atoms with Crippen LogP contribution in [0, 0.1) is 6.92 Å². The molecule has 1 amide bonds. The zero-order valence-electron chi connectivity index (χ0n) is 10.5. The Balaban J connectivity index is 2.99. The Morgan fingerprint density at radius 2 is 2.00 bits per heavy atom. The number of nitrogens with one attached hydrogen (secondary N) is 1. The van der Waals surface area contributed by atoms with E-state index in [4.69, 9.17) is 4.74 Å². The van der Waals surface area contributed by atoms with Crippen molar-refractivity contribution in [3.8, 4) is 5.75 Å². The molecule has 1 aromatic carbocycles. The molecule has 0 aromatic heterocycles. The molecular formula is C14H17NO2. The Kier molecular flexibility index (Phi) is 4.10. The Morgan fingerprint density at radius 3 is 2.53 bits per heavy atom. The number of benzene rings is 1. The van der Waals surface area contributed by atoms with Gasteiger partial charge in [-0.15, -0.1) is 0 Å². The van der Waals surface area contributed by atoms with Gasteiger partial charge in [0.15, 0.2) is 0 Å². The number of methoxy groups -OCH3 is 1. The number of rotatable bonds is 4. The minimum absolute atomic E-state index is 0.237. The Bertz CT molecular complexity index is 475. The maximum absolute atomic E-state index is 12.0. The molecule has 1 N–H and O–H groups in total. The fourth-order valence-corrected chi connectivity index (χ4v) is 1.31. The molecule has 0 spiro atoms. The van der Waals surface area contributed by atoms with Crippen LogP contribution < -0.4 is 10.1 Å². The second kappa shape index (κ2) is 5.34. The van der Waals surface area contributed by atoms with Crippen LogP contribution in [0.5, 0.6) is 5.75 Å². The van der Waals surface area contributed by atoms with E-state index in [-0.39, 0.29) is 5.91 Å². The topological polar surface area (TPSA) is 38.3 Å². The molecule has 0 saturated heterocycles. The van der Waals surface area contributed by atoms with Gasteiger partial charge in [0.1, 0.15) is 5.75 Å². The van der Waals surface area contributed by atoms with E-state index >= 15 is 0 Å². The normalized spacial score (nSPS) is 9.59. The fourth-order valence-electron chi connectivity index (χ4n) is 1.31. The van der Waals surface area contributed by atoms with E-state index in [9.17, 15) is 4.79 Å². The zero-order chi connectivity index (χ0) is 13.0. The summed E-state index contributed by atoms with van der Waals surface area (Å²) in [6.07, 6.45) is 0. The van der Waals surface area contributed by atoms with Crippen LogP contribution in [-0.2, 0) is 0 Å². The lowest BCUT2D eigenvalue weighted by Crippen LogP contribution is -2.23. The molecule has 0 unspecified atom stereocenters. The van der Waals surface area contributed by atoms with Crippen LogP contribution in [0.15, 0.2) is 42.6 Å². The van der Waals surface area contributed by atoms with E-state index in [1.807, 2.05) is 13.0 Å². The second-order valence-corrected chi connectivity index (χ2v) is 3.92. The highest BCUT2D eigenvalue weighted by Gasteiger charge is 2.13. The standard InChI is InChI=1S/C14H17NO2/c1-9(2)11(4)15-14(16)12-8-10(3)6-7-13(12)17-5/h6-8H,1,4H2,2-3,5H3,(H,15,16). The van der Waals surface area contributed by atoms with Crippen molar-refractivity contribution in [1.82, 2.24) is 5.32 Å². The quantitative estimate of drug-likeness (QED) is 0.809. The molecular weight excluding hydrogens is 214 g/mol. The van der Waals surface area contributed by atoms with Crippen LogP contribution in [-0.4, -0.2) is 13.0 Å². The molecule has 3 nitrogen and oxygen atoms in total. The van der Waals surface area contributed by atoms with Crippen LogP contribution in [0.2, 0.25) is 0 Å². The van der Waals surface area contributed by atoms with Gasteiger partial charge in [-0.1, -0.05) is 24.8 Å². The maximum atomic E-state index is 12.0.